The van der Waals surface area contributed by atoms with Crippen LogP contribution in [0.1, 0.15) is 17.4 Å². The maximum absolute atomic E-state index is 13.9. The molecule has 180 valence electrons. The first-order chi connectivity index (χ1) is 15.9. The van der Waals surface area contributed by atoms with E-state index in [4.69, 9.17) is 4.74 Å². The molecule has 0 aliphatic carbocycles. The summed E-state index contributed by atoms with van der Waals surface area (Å²) in [6, 6.07) is 10.7. The van der Waals surface area contributed by atoms with Gasteiger partial charge < -0.3 is 9.84 Å². The van der Waals surface area contributed by atoms with Crippen molar-refractivity contribution in [1.29, 1.82) is 0 Å². The Kier molecular flexibility index (Phi) is 6.58. The van der Waals surface area contributed by atoms with Gasteiger partial charge in [-0.3, -0.25) is 9.71 Å². The molecule has 2 aromatic carbocycles. The highest BCUT2D eigenvalue weighted by Gasteiger charge is 2.46. The second-order valence-electron chi connectivity index (χ2n) is 7.68. The van der Waals surface area contributed by atoms with E-state index in [9.17, 15) is 31.1 Å². The number of fused-ring (bicyclic) bond motifs is 1. The van der Waals surface area contributed by atoms with Crippen LogP contribution in [0.3, 0.4) is 0 Å². The van der Waals surface area contributed by atoms with Crippen molar-refractivity contribution in [3.8, 4) is 16.9 Å². The van der Waals surface area contributed by atoms with Crippen molar-refractivity contribution >= 4 is 31.6 Å². The number of rotatable bonds is 5. The molecule has 0 radical (unpaired) electrons. The molecular formula is C22H17BrF4N2O4S. The first-order valence-corrected chi connectivity index (χ1v) is 12.2. The summed E-state index contributed by atoms with van der Waals surface area (Å²) in [4.78, 5) is 4.30. The molecule has 0 saturated heterocycles. The van der Waals surface area contributed by atoms with E-state index in [1.165, 1.54) is 22.9 Å². The lowest BCUT2D eigenvalue weighted by Crippen LogP contribution is -2.30. The zero-order valence-corrected chi connectivity index (χ0v) is 19.6. The van der Waals surface area contributed by atoms with E-state index >= 15 is 0 Å². The second-order valence-corrected chi connectivity index (χ2v) is 10.3. The predicted octanol–water partition coefficient (Wildman–Crippen LogP) is 5.20. The maximum Gasteiger partial charge on any atom is 0.516 e. The lowest BCUT2D eigenvalue weighted by molar-refractivity contribution is -0.0429. The third-order valence-corrected chi connectivity index (χ3v) is 6.90. The molecule has 6 nitrogen and oxygen atoms in total. The molecule has 2 atom stereocenters. The van der Waals surface area contributed by atoms with Crippen molar-refractivity contribution in [2.24, 2.45) is 5.92 Å². The van der Waals surface area contributed by atoms with Gasteiger partial charge in [0, 0.05) is 33.4 Å². The van der Waals surface area contributed by atoms with Crippen molar-refractivity contribution in [3.63, 3.8) is 0 Å². The van der Waals surface area contributed by atoms with E-state index in [0.717, 1.165) is 28.4 Å². The number of hydrogen-bond donors (Lipinski definition) is 2. The van der Waals surface area contributed by atoms with Crippen molar-refractivity contribution in [3.05, 3.63) is 76.3 Å². The lowest BCUT2D eigenvalue weighted by atomic mass is 9.88. The topological polar surface area (TPSA) is 88.5 Å². The number of nitrogens with zero attached hydrogens (tertiary/aromatic N) is 1. The van der Waals surface area contributed by atoms with Gasteiger partial charge in [-0.15, -0.1) is 0 Å². The fraction of sp³-hybridized carbons (Fsp3) is 0.227. The standard InChI is InChI=1S/C22H17BrF4N2O4S/c23-14-2-4-16(28-10-14)7-13-11-33-20-8-12(1-5-17(20)21(13)30)18-9-15(24)3-6-19(18)29-34(31,32)22(25,26)27/h1-6,8-10,13,21,29-30H,7,11H2/t13-,21+/m1/s1. The summed E-state index contributed by atoms with van der Waals surface area (Å²) in [5.74, 6) is -0.806. The highest BCUT2D eigenvalue weighted by Crippen LogP contribution is 2.41. The van der Waals surface area contributed by atoms with E-state index in [-0.39, 0.29) is 29.4 Å². The first kappa shape index (κ1) is 24.4. The van der Waals surface area contributed by atoms with Crippen molar-refractivity contribution in [2.75, 3.05) is 11.3 Å². The summed E-state index contributed by atoms with van der Waals surface area (Å²) in [6.45, 7) is 0.145. The summed E-state index contributed by atoms with van der Waals surface area (Å²) in [5.41, 5.74) is -4.69. The van der Waals surface area contributed by atoms with Crippen molar-refractivity contribution in [1.82, 2.24) is 4.98 Å². The average Bonchev–Trinajstić information content (AvgIpc) is 2.77. The Morgan fingerprint density at radius 3 is 2.59 bits per heavy atom. The minimum atomic E-state index is -5.71. The minimum absolute atomic E-state index is 0.116. The Hall–Kier alpha value is -2.70. The van der Waals surface area contributed by atoms with Crippen LogP contribution in [0.25, 0.3) is 11.1 Å². The Bertz CT molecular complexity index is 1320. The molecule has 2 N–H and O–H groups in total. The molecule has 12 heteroatoms. The van der Waals surface area contributed by atoms with Crippen LogP contribution >= 0.6 is 15.9 Å². The number of sulfonamides is 1. The number of alkyl halides is 3. The molecule has 1 aliphatic heterocycles. The number of anilines is 1. The van der Waals surface area contributed by atoms with Gasteiger partial charge in [0.25, 0.3) is 0 Å². The summed E-state index contributed by atoms with van der Waals surface area (Å²) in [7, 11) is -5.71. The van der Waals surface area contributed by atoms with Gasteiger partial charge in [-0.1, -0.05) is 12.1 Å². The molecule has 3 aromatic rings. The van der Waals surface area contributed by atoms with Gasteiger partial charge in [-0.05, 0) is 64.3 Å². The number of hydrogen-bond acceptors (Lipinski definition) is 5. The average molecular weight is 561 g/mol. The fourth-order valence-corrected chi connectivity index (χ4v) is 4.44. The Balaban J connectivity index is 1.63. The van der Waals surface area contributed by atoms with Crippen LogP contribution in [-0.2, 0) is 16.4 Å². The molecule has 34 heavy (non-hydrogen) atoms. The molecule has 0 saturated carbocycles. The van der Waals surface area contributed by atoms with Gasteiger partial charge in [-0.25, -0.2) is 4.39 Å². The largest absolute Gasteiger partial charge is 0.516 e. The molecule has 0 amide bonds. The SMILES string of the molecule is O=S(=O)(Nc1ccc(F)cc1-c1ccc2c(c1)OC[C@@H](Cc1ccc(Br)cn1)[C@@H]2O)C(F)(F)F. The van der Waals surface area contributed by atoms with Gasteiger partial charge >= 0.3 is 15.5 Å². The van der Waals surface area contributed by atoms with E-state index in [1.54, 1.807) is 6.20 Å². The van der Waals surface area contributed by atoms with Crippen molar-refractivity contribution < 1.29 is 35.8 Å². The van der Waals surface area contributed by atoms with E-state index < -0.39 is 33.1 Å². The zero-order valence-electron chi connectivity index (χ0n) is 17.2. The van der Waals surface area contributed by atoms with Gasteiger partial charge in [0.05, 0.1) is 18.4 Å². The highest BCUT2D eigenvalue weighted by molar-refractivity contribution is 9.10. The van der Waals surface area contributed by atoms with Gasteiger partial charge in [-0.2, -0.15) is 21.6 Å². The molecule has 0 bridgehead atoms. The van der Waals surface area contributed by atoms with E-state index in [2.05, 4.69) is 20.9 Å². The molecule has 1 aromatic heterocycles. The van der Waals surface area contributed by atoms with Crippen LogP contribution in [0.5, 0.6) is 5.75 Å². The Morgan fingerprint density at radius 2 is 1.91 bits per heavy atom. The third-order valence-electron chi connectivity index (χ3n) is 5.33. The van der Waals surface area contributed by atoms with Crippen LogP contribution in [0, 0.1) is 11.7 Å². The molecule has 0 unspecified atom stereocenters. The van der Waals surface area contributed by atoms with E-state index in [1.807, 2.05) is 12.1 Å². The molecule has 1 aliphatic rings. The maximum atomic E-state index is 13.9. The number of pyridine rings is 1. The summed E-state index contributed by atoms with van der Waals surface area (Å²) in [6.07, 6.45) is 1.19. The van der Waals surface area contributed by atoms with Crippen LogP contribution in [0.15, 0.2) is 59.2 Å². The molecule has 2 heterocycles. The summed E-state index contributed by atoms with van der Waals surface area (Å²) >= 11 is 3.31. The number of aliphatic hydroxyl groups is 1. The molecule has 4 rings (SSSR count). The fourth-order valence-electron chi connectivity index (χ4n) is 3.63. The normalized spacial score (nSPS) is 18.2. The number of aromatic nitrogens is 1. The Morgan fingerprint density at radius 1 is 1.15 bits per heavy atom. The number of nitrogens with one attached hydrogen (secondary N) is 1. The first-order valence-electron chi connectivity index (χ1n) is 9.89. The van der Waals surface area contributed by atoms with Crippen molar-refractivity contribution in [2.45, 2.75) is 18.0 Å². The monoisotopic (exact) mass is 560 g/mol. The predicted molar refractivity (Wildman–Crippen MR) is 120 cm³/mol. The smallest absolute Gasteiger partial charge is 0.493 e. The van der Waals surface area contributed by atoms with Crippen LogP contribution < -0.4 is 9.46 Å². The minimum Gasteiger partial charge on any atom is -0.493 e. The molecule has 0 spiro atoms. The zero-order chi connectivity index (χ0) is 24.7. The summed E-state index contributed by atoms with van der Waals surface area (Å²) < 4.78 is 83.6. The van der Waals surface area contributed by atoms with Gasteiger partial charge in [0.1, 0.15) is 11.6 Å². The van der Waals surface area contributed by atoms with Gasteiger partial charge in [0.2, 0.25) is 0 Å². The Labute approximate surface area is 200 Å². The molecule has 0 fully saturated rings. The third kappa shape index (κ3) is 5.03. The summed E-state index contributed by atoms with van der Waals surface area (Å²) in [5, 5.41) is 10.8. The lowest BCUT2D eigenvalue weighted by Gasteiger charge is -2.30. The van der Waals surface area contributed by atoms with E-state index in [0.29, 0.717) is 12.0 Å². The number of benzene rings is 2. The number of halogens is 5. The van der Waals surface area contributed by atoms with Crippen LogP contribution in [0.4, 0.5) is 23.2 Å². The number of aliphatic hydroxyl groups excluding tert-OH is 1. The van der Waals surface area contributed by atoms with Gasteiger partial charge in [0.15, 0.2) is 0 Å². The number of ether oxygens (including phenoxy) is 1. The second kappa shape index (κ2) is 9.16. The van der Waals surface area contributed by atoms with Crippen LogP contribution in [0.2, 0.25) is 0 Å². The van der Waals surface area contributed by atoms with Crippen LogP contribution in [-0.4, -0.2) is 30.6 Å². The molecular weight excluding hydrogens is 544 g/mol. The quantitative estimate of drug-likeness (QED) is 0.419. The highest BCUT2D eigenvalue weighted by atomic mass is 79.9.